The van der Waals surface area contributed by atoms with Crippen molar-refractivity contribution < 1.29 is 0 Å². The molecule has 0 aliphatic carbocycles. The Balaban J connectivity index is 3.98. The molecule has 0 heteroatoms. The van der Waals surface area contributed by atoms with Gasteiger partial charge in [0.15, 0.2) is 0 Å². The summed E-state index contributed by atoms with van der Waals surface area (Å²) in [5.41, 5.74) is 10.2. The molecule has 0 bridgehead atoms. The van der Waals surface area contributed by atoms with Gasteiger partial charge in [0, 0.05) is 0 Å². The summed E-state index contributed by atoms with van der Waals surface area (Å²) >= 11 is 0. The summed E-state index contributed by atoms with van der Waals surface area (Å²) in [6.07, 6.45) is 7.47. The molecule has 1 aromatic rings. The van der Waals surface area contributed by atoms with Gasteiger partial charge in [-0.3, -0.25) is 0 Å². The molecule has 0 nitrogen and oxygen atoms in total. The summed E-state index contributed by atoms with van der Waals surface area (Å²) in [6, 6.07) is 0. The molecule has 0 unspecified atom stereocenters. The fraction of sp³-hybridized carbons (Fsp3) is 0.750. The minimum Gasteiger partial charge on any atom is -0.0651 e. The Morgan fingerprint density at radius 2 is 0.667 bits per heavy atom. The van der Waals surface area contributed by atoms with E-state index in [1.807, 2.05) is 0 Å². The van der Waals surface area contributed by atoms with E-state index in [4.69, 9.17) is 0 Å². The van der Waals surface area contributed by atoms with Gasteiger partial charge in [0.05, 0.1) is 0 Å². The third-order valence-electron chi connectivity index (χ3n) is 5.18. The summed E-state index contributed by atoms with van der Waals surface area (Å²) in [6.45, 7) is 21.4. The van der Waals surface area contributed by atoms with Crippen molar-refractivity contribution in [2.45, 2.75) is 119 Å². The molecule has 0 saturated heterocycles. The van der Waals surface area contributed by atoms with Crippen LogP contribution in [0.4, 0.5) is 0 Å². The molecule has 0 fully saturated rings. The van der Waals surface area contributed by atoms with Crippen molar-refractivity contribution in [1.29, 1.82) is 0 Å². The first-order valence-corrected chi connectivity index (χ1v) is 10.5. The predicted molar refractivity (Wildman–Crippen MR) is 111 cm³/mol. The number of hydrogen-bond donors (Lipinski definition) is 0. The normalized spacial score (nSPS) is 12.0. The quantitative estimate of drug-likeness (QED) is 0.431. The van der Waals surface area contributed by atoms with Crippen LogP contribution in [-0.4, -0.2) is 0 Å². The number of hydrogen-bond acceptors (Lipinski definition) is 0. The van der Waals surface area contributed by atoms with E-state index in [1.165, 1.54) is 38.5 Å². The third-order valence-corrected chi connectivity index (χ3v) is 5.18. The molecule has 0 atom stereocenters. The molecule has 0 heterocycles. The smallest absolute Gasteiger partial charge is 0.0213 e. The van der Waals surface area contributed by atoms with Crippen molar-refractivity contribution in [2.75, 3.05) is 0 Å². The van der Waals surface area contributed by atoms with Crippen LogP contribution in [0.25, 0.3) is 0 Å². The molecule has 0 radical (unpaired) electrons. The van der Waals surface area contributed by atoms with Crippen molar-refractivity contribution in [3.8, 4) is 0 Å². The van der Waals surface area contributed by atoms with Crippen molar-refractivity contribution in [1.82, 2.24) is 0 Å². The lowest BCUT2D eigenvalue weighted by atomic mass is 9.73. The molecule has 1 rings (SSSR count). The zero-order valence-corrected chi connectivity index (χ0v) is 18.0. The van der Waals surface area contributed by atoms with Crippen LogP contribution >= 0.6 is 0 Å². The van der Waals surface area contributed by atoms with Crippen LogP contribution in [0.2, 0.25) is 0 Å². The van der Waals surface area contributed by atoms with Crippen molar-refractivity contribution in [3.05, 3.63) is 33.4 Å². The minimum absolute atomic E-state index is 0.624. The first-order chi connectivity index (χ1) is 11.3. The monoisotopic (exact) mass is 330 g/mol. The summed E-state index contributed by atoms with van der Waals surface area (Å²) in [5.74, 6) is 1.87. The largest absolute Gasteiger partial charge is 0.0651 e. The van der Waals surface area contributed by atoms with Gasteiger partial charge >= 0.3 is 0 Å². The van der Waals surface area contributed by atoms with Gasteiger partial charge in [-0.05, 0) is 70.4 Å². The first kappa shape index (κ1) is 21.3. The van der Waals surface area contributed by atoms with E-state index in [2.05, 4.69) is 62.3 Å². The van der Waals surface area contributed by atoms with Crippen LogP contribution in [0.5, 0.6) is 0 Å². The molecule has 0 saturated carbocycles. The maximum absolute atomic E-state index is 2.40. The predicted octanol–water partition coefficient (Wildman–Crippen LogP) is 7.91. The van der Waals surface area contributed by atoms with E-state index >= 15 is 0 Å². The highest BCUT2D eigenvalue weighted by Gasteiger charge is 2.26. The van der Waals surface area contributed by atoms with Crippen LogP contribution in [0.15, 0.2) is 0 Å². The van der Waals surface area contributed by atoms with Crippen molar-refractivity contribution in [3.63, 3.8) is 0 Å². The zero-order chi connectivity index (χ0) is 18.4. The molecule has 0 amide bonds. The minimum atomic E-state index is 0.624. The van der Waals surface area contributed by atoms with Crippen LogP contribution in [-0.2, 0) is 19.3 Å². The Morgan fingerprint density at radius 1 is 0.458 bits per heavy atom. The zero-order valence-electron chi connectivity index (χ0n) is 18.0. The maximum atomic E-state index is 2.40. The molecular formula is C24H42. The topological polar surface area (TPSA) is 0 Å². The van der Waals surface area contributed by atoms with Crippen molar-refractivity contribution in [2.24, 2.45) is 0 Å². The van der Waals surface area contributed by atoms with E-state index in [-0.39, 0.29) is 0 Å². The molecule has 0 aliphatic rings. The van der Waals surface area contributed by atoms with E-state index in [1.54, 1.807) is 33.4 Å². The number of benzene rings is 1. The van der Waals surface area contributed by atoms with Crippen molar-refractivity contribution >= 4 is 0 Å². The standard InChI is InChI=1S/C24H42/c1-10-13-19-22(16(4)5)20(14-11-2)24(18(8)9)21(15-12-3)23(19)17(6)7/h16-18H,10-15H2,1-9H3. The van der Waals surface area contributed by atoms with Gasteiger partial charge < -0.3 is 0 Å². The van der Waals surface area contributed by atoms with Crippen LogP contribution in [0, 0.1) is 0 Å². The highest BCUT2D eigenvalue weighted by molar-refractivity contribution is 5.56. The second-order valence-electron chi connectivity index (χ2n) is 8.39. The summed E-state index contributed by atoms with van der Waals surface area (Å²) in [4.78, 5) is 0. The second kappa shape index (κ2) is 9.64. The van der Waals surface area contributed by atoms with E-state index in [0.717, 1.165) is 0 Å². The molecule has 0 N–H and O–H groups in total. The fourth-order valence-electron chi connectivity index (χ4n) is 4.63. The fourth-order valence-corrected chi connectivity index (χ4v) is 4.63. The summed E-state index contributed by atoms with van der Waals surface area (Å²) in [5, 5.41) is 0. The molecule has 0 aromatic heterocycles. The molecule has 24 heavy (non-hydrogen) atoms. The van der Waals surface area contributed by atoms with Gasteiger partial charge in [0.2, 0.25) is 0 Å². The lowest BCUT2D eigenvalue weighted by molar-refractivity contribution is 0.706. The van der Waals surface area contributed by atoms with Crippen LogP contribution < -0.4 is 0 Å². The van der Waals surface area contributed by atoms with Gasteiger partial charge in [-0.2, -0.15) is 0 Å². The highest BCUT2D eigenvalue weighted by atomic mass is 14.3. The van der Waals surface area contributed by atoms with E-state index in [9.17, 15) is 0 Å². The Hall–Kier alpha value is -0.780. The molecule has 1 aromatic carbocycles. The molecular weight excluding hydrogens is 288 g/mol. The Labute approximate surface area is 152 Å². The van der Waals surface area contributed by atoms with Gasteiger partial charge in [0.25, 0.3) is 0 Å². The number of rotatable bonds is 9. The first-order valence-electron chi connectivity index (χ1n) is 10.5. The van der Waals surface area contributed by atoms with Gasteiger partial charge in [0.1, 0.15) is 0 Å². The SMILES string of the molecule is CCCc1c(C(C)C)c(CCC)c(C(C)C)c(CCC)c1C(C)C. The summed E-state index contributed by atoms with van der Waals surface area (Å²) < 4.78 is 0. The lowest BCUT2D eigenvalue weighted by Gasteiger charge is -2.31. The van der Waals surface area contributed by atoms with Crippen LogP contribution in [0.1, 0.15) is 133 Å². The Kier molecular flexibility index (Phi) is 8.54. The van der Waals surface area contributed by atoms with Gasteiger partial charge in [-0.25, -0.2) is 0 Å². The van der Waals surface area contributed by atoms with Gasteiger partial charge in [-0.1, -0.05) is 81.6 Å². The van der Waals surface area contributed by atoms with Crippen LogP contribution in [0.3, 0.4) is 0 Å². The average molecular weight is 331 g/mol. The van der Waals surface area contributed by atoms with E-state index < -0.39 is 0 Å². The maximum Gasteiger partial charge on any atom is -0.0213 e. The summed E-state index contributed by atoms with van der Waals surface area (Å²) in [7, 11) is 0. The second-order valence-corrected chi connectivity index (χ2v) is 8.39. The molecule has 0 aliphatic heterocycles. The third kappa shape index (κ3) is 4.44. The molecule has 0 spiro atoms. The lowest BCUT2D eigenvalue weighted by Crippen LogP contribution is -2.16. The Bertz CT molecular complexity index is 420. The molecule has 138 valence electrons. The average Bonchev–Trinajstić information content (AvgIpc) is 2.46. The van der Waals surface area contributed by atoms with E-state index in [0.29, 0.717) is 17.8 Å². The highest BCUT2D eigenvalue weighted by Crippen LogP contribution is 2.41. The van der Waals surface area contributed by atoms with Gasteiger partial charge in [-0.15, -0.1) is 0 Å². The Morgan fingerprint density at radius 3 is 0.792 bits per heavy atom.